The molecule has 1 aliphatic carbocycles. The van der Waals surface area contributed by atoms with Crippen molar-refractivity contribution in [2.75, 3.05) is 14.2 Å². The zero-order valence-corrected chi connectivity index (χ0v) is 16.7. The molecule has 4 heteroatoms. The highest BCUT2D eigenvalue weighted by atomic mass is 16.5. The van der Waals surface area contributed by atoms with Crippen LogP contribution in [0.3, 0.4) is 0 Å². The minimum absolute atomic E-state index is 0.242. The van der Waals surface area contributed by atoms with Gasteiger partial charge < -0.3 is 9.47 Å². The van der Waals surface area contributed by atoms with Gasteiger partial charge in [-0.3, -0.25) is 9.59 Å². The molecular formula is C25H24O4. The van der Waals surface area contributed by atoms with Crippen LogP contribution in [0.2, 0.25) is 0 Å². The fourth-order valence-corrected chi connectivity index (χ4v) is 4.64. The molecule has 0 N–H and O–H groups in total. The van der Waals surface area contributed by atoms with Crippen LogP contribution in [0.5, 0.6) is 0 Å². The van der Waals surface area contributed by atoms with Crippen molar-refractivity contribution >= 4 is 22.7 Å². The first-order valence-corrected chi connectivity index (χ1v) is 9.86. The van der Waals surface area contributed by atoms with Crippen LogP contribution < -0.4 is 0 Å². The molecule has 1 aliphatic rings. The highest BCUT2D eigenvalue weighted by Gasteiger charge is 2.43. The van der Waals surface area contributed by atoms with Crippen LogP contribution in [0.1, 0.15) is 36.8 Å². The molecule has 0 saturated heterocycles. The number of carbonyl (C=O) groups excluding carboxylic acids is 2. The molecule has 4 rings (SSSR count). The van der Waals surface area contributed by atoms with Gasteiger partial charge in [0.25, 0.3) is 0 Å². The van der Waals surface area contributed by atoms with Crippen LogP contribution in [0.15, 0.2) is 60.7 Å². The standard InChI is InChI=1S/C25H24O4/c1-28-23(26)11-13-25(14-12-24(27)29-2)21-10-6-5-9-19(21)20-15-17-7-3-4-8-18(17)16-22(20)25/h3-10,15-16H,11-14H2,1-2H3. The summed E-state index contributed by atoms with van der Waals surface area (Å²) in [5.74, 6) is -0.483. The van der Waals surface area contributed by atoms with Gasteiger partial charge in [-0.15, -0.1) is 0 Å². The summed E-state index contributed by atoms with van der Waals surface area (Å²) in [6, 6.07) is 21.0. The van der Waals surface area contributed by atoms with Crippen LogP contribution in [0, 0.1) is 0 Å². The molecule has 0 bridgehead atoms. The van der Waals surface area contributed by atoms with Crippen molar-refractivity contribution in [3.63, 3.8) is 0 Å². The van der Waals surface area contributed by atoms with Gasteiger partial charge >= 0.3 is 11.9 Å². The van der Waals surface area contributed by atoms with E-state index in [-0.39, 0.29) is 24.8 Å². The molecule has 0 atom stereocenters. The van der Waals surface area contributed by atoms with Gasteiger partial charge in [-0.2, -0.15) is 0 Å². The second kappa shape index (κ2) is 7.70. The van der Waals surface area contributed by atoms with E-state index in [1.165, 1.54) is 36.3 Å². The first-order valence-electron chi connectivity index (χ1n) is 9.86. The van der Waals surface area contributed by atoms with Crippen LogP contribution in [-0.2, 0) is 24.5 Å². The summed E-state index contributed by atoms with van der Waals surface area (Å²) in [4.78, 5) is 24.1. The molecule has 3 aromatic rings. The van der Waals surface area contributed by atoms with Crippen molar-refractivity contribution in [3.05, 3.63) is 71.8 Å². The van der Waals surface area contributed by atoms with Gasteiger partial charge in [0.15, 0.2) is 0 Å². The van der Waals surface area contributed by atoms with Gasteiger partial charge in [-0.1, -0.05) is 48.5 Å². The van der Waals surface area contributed by atoms with Crippen molar-refractivity contribution < 1.29 is 19.1 Å². The quantitative estimate of drug-likeness (QED) is 0.557. The summed E-state index contributed by atoms with van der Waals surface area (Å²) < 4.78 is 9.83. The Labute approximate surface area is 170 Å². The predicted octanol–water partition coefficient (Wildman–Crippen LogP) is 5.01. The zero-order valence-electron chi connectivity index (χ0n) is 16.7. The SMILES string of the molecule is COC(=O)CCC1(CCC(=O)OC)c2ccccc2-c2cc3ccccc3cc21. The van der Waals surface area contributed by atoms with Gasteiger partial charge in [-0.25, -0.2) is 0 Å². The Morgan fingerprint density at radius 2 is 1.28 bits per heavy atom. The maximum Gasteiger partial charge on any atom is 0.305 e. The molecule has 0 fully saturated rings. The second-order valence-corrected chi connectivity index (χ2v) is 7.52. The Morgan fingerprint density at radius 3 is 1.90 bits per heavy atom. The largest absolute Gasteiger partial charge is 0.469 e. The molecule has 0 unspecified atom stereocenters. The molecule has 0 aromatic heterocycles. The van der Waals surface area contributed by atoms with Crippen molar-refractivity contribution in [2.24, 2.45) is 0 Å². The molecule has 0 amide bonds. The van der Waals surface area contributed by atoms with Gasteiger partial charge in [0.05, 0.1) is 14.2 Å². The summed E-state index contributed by atoms with van der Waals surface area (Å²) in [5, 5.41) is 2.33. The lowest BCUT2D eigenvalue weighted by atomic mass is 9.71. The first-order chi connectivity index (χ1) is 14.1. The number of methoxy groups -OCH3 is 2. The smallest absolute Gasteiger partial charge is 0.305 e. The van der Waals surface area contributed by atoms with E-state index >= 15 is 0 Å². The first kappa shape index (κ1) is 19.2. The molecule has 3 aromatic carbocycles. The molecule has 0 spiro atoms. The topological polar surface area (TPSA) is 52.6 Å². The average molecular weight is 388 g/mol. The Kier molecular flexibility index (Phi) is 5.10. The molecule has 0 aliphatic heterocycles. The second-order valence-electron chi connectivity index (χ2n) is 7.52. The lowest BCUT2D eigenvalue weighted by molar-refractivity contribution is -0.141. The lowest BCUT2D eigenvalue weighted by Crippen LogP contribution is -2.28. The molecule has 0 radical (unpaired) electrons. The van der Waals surface area contributed by atoms with E-state index in [1.54, 1.807) is 0 Å². The van der Waals surface area contributed by atoms with Crippen molar-refractivity contribution in [1.29, 1.82) is 0 Å². The molecular weight excluding hydrogens is 364 g/mol. The molecule has 148 valence electrons. The van der Waals surface area contributed by atoms with Crippen LogP contribution in [-0.4, -0.2) is 26.2 Å². The fourth-order valence-electron chi connectivity index (χ4n) is 4.64. The number of ether oxygens (including phenoxy) is 2. The van der Waals surface area contributed by atoms with E-state index < -0.39 is 5.41 Å². The third-order valence-electron chi connectivity index (χ3n) is 6.10. The fraction of sp³-hybridized carbons (Fsp3) is 0.280. The van der Waals surface area contributed by atoms with E-state index in [2.05, 4.69) is 36.4 Å². The predicted molar refractivity (Wildman–Crippen MR) is 113 cm³/mol. The Bertz CT molecular complexity index is 1060. The Hall–Kier alpha value is -3.14. The van der Waals surface area contributed by atoms with Crippen LogP contribution >= 0.6 is 0 Å². The molecule has 4 nitrogen and oxygen atoms in total. The van der Waals surface area contributed by atoms with Crippen molar-refractivity contribution in [2.45, 2.75) is 31.1 Å². The Balaban J connectivity index is 1.91. The number of esters is 2. The van der Waals surface area contributed by atoms with Gasteiger partial charge in [-0.05, 0) is 58.0 Å². The van der Waals surface area contributed by atoms with E-state index in [0.717, 1.165) is 10.9 Å². The summed E-state index contributed by atoms with van der Waals surface area (Å²) >= 11 is 0. The highest BCUT2D eigenvalue weighted by molar-refractivity contribution is 5.93. The third-order valence-corrected chi connectivity index (χ3v) is 6.10. The summed E-state index contributed by atoms with van der Waals surface area (Å²) in [7, 11) is 2.82. The molecule has 0 saturated carbocycles. The van der Waals surface area contributed by atoms with E-state index in [9.17, 15) is 9.59 Å². The Morgan fingerprint density at radius 1 is 0.724 bits per heavy atom. The monoisotopic (exact) mass is 388 g/mol. The van der Waals surface area contributed by atoms with Crippen LogP contribution in [0.4, 0.5) is 0 Å². The van der Waals surface area contributed by atoms with Gasteiger partial charge in [0.1, 0.15) is 0 Å². The number of fused-ring (bicyclic) bond motifs is 4. The number of rotatable bonds is 6. The molecule has 29 heavy (non-hydrogen) atoms. The van der Waals surface area contributed by atoms with Crippen LogP contribution in [0.25, 0.3) is 21.9 Å². The summed E-state index contributed by atoms with van der Waals surface area (Å²) in [6.45, 7) is 0. The number of hydrogen-bond acceptors (Lipinski definition) is 4. The zero-order chi connectivity index (χ0) is 20.4. The van der Waals surface area contributed by atoms with E-state index in [4.69, 9.17) is 9.47 Å². The van der Waals surface area contributed by atoms with E-state index in [0.29, 0.717) is 12.8 Å². The maximum absolute atomic E-state index is 12.0. The maximum atomic E-state index is 12.0. The summed E-state index contributed by atoms with van der Waals surface area (Å²) in [6.07, 6.45) is 1.74. The lowest BCUT2D eigenvalue weighted by Gasteiger charge is -2.32. The normalized spacial score (nSPS) is 13.6. The minimum atomic E-state index is -0.432. The highest BCUT2D eigenvalue weighted by Crippen LogP contribution is 2.54. The third kappa shape index (κ3) is 3.29. The van der Waals surface area contributed by atoms with Crippen molar-refractivity contribution in [3.8, 4) is 11.1 Å². The summed E-state index contributed by atoms with van der Waals surface area (Å²) in [5.41, 5.74) is 4.25. The van der Waals surface area contributed by atoms with Crippen molar-refractivity contribution in [1.82, 2.24) is 0 Å². The van der Waals surface area contributed by atoms with E-state index in [1.807, 2.05) is 24.3 Å². The number of carbonyl (C=O) groups is 2. The van der Waals surface area contributed by atoms with Gasteiger partial charge in [0, 0.05) is 18.3 Å². The number of benzene rings is 3. The minimum Gasteiger partial charge on any atom is -0.469 e. The number of hydrogen-bond donors (Lipinski definition) is 0. The van der Waals surface area contributed by atoms with Gasteiger partial charge in [0.2, 0.25) is 0 Å². The molecule has 0 heterocycles. The average Bonchev–Trinajstić information content (AvgIpc) is 3.03.